The first-order valence-corrected chi connectivity index (χ1v) is 14.0. The van der Waals surface area contributed by atoms with Crippen molar-refractivity contribution in [2.24, 2.45) is 10.2 Å². The lowest BCUT2D eigenvalue weighted by Gasteiger charge is -2.44. The third kappa shape index (κ3) is 7.14. The van der Waals surface area contributed by atoms with Gasteiger partial charge in [0.1, 0.15) is 18.3 Å². The van der Waals surface area contributed by atoms with E-state index in [1.807, 2.05) is 121 Å². The van der Waals surface area contributed by atoms with E-state index >= 15 is 0 Å². The monoisotopic (exact) mass is 550 g/mol. The van der Waals surface area contributed by atoms with E-state index in [2.05, 4.69) is 10.2 Å². The Hall–Kier alpha value is -3.72. The van der Waals surface area contributed by atoms with E-state index in [0.29, 0.717) is 26.4 Å². The summed E-state index contributed by atoms with van der Waals surface area (Å²) in [4.78, 5) is 0. The lowest BCUT2D eigenvalue weighted by molar-refractivity contribution is -0.286. The molecule has 7 nitrogen and oxygen atoms in total. The fraction of sp³-hybridized carbons (Fsp3) is 0.294. The van der Waals surface area contributed by atoms with Crippen LogP contribution in [-0.2, 0) is 50.1 Å². The van der Waals surface area contributed by atoms with Crippen molar-refractivity contribution in [3.8, 4) is 0 Å². The van der Waals surface area contributed by atoms with Crippen LogP contribution in [0.1, 0.15) is 22.3 Å². The molecule has 2 heterocycles. The summed E-state index contributed by atoms with van der Waals surface area (Å²) >= 11 is 0. The van der Waals surface area contributed by atoms with Crippen LogP contribution in [-0.4, -0.2) is 36.9 Å². The second kappa shape index (κ2) is 13.3. The van der Waals surface area contributed by atoms with Gasteiger partial charge in [0, 0.05) is 0 Å². The van der Waals surface area contributed by atoms with Crippen molar-refractivity contribution in [3.63, 3.8) is 0 Å². The molecular weight excluding hydrogens is 516 g/mol. The lowest BCUT2D eigenvalue weighted by Crippen LogP contribution is -2.62. The van der Waals surface area contributed by atoms with E-state index < -0.39 is 30.3 Å². The summed E-state index contributed by atoms with van der Waals surface area (Å²) in [5.41, 5.74) is 4.24. The van der Waals surface area contributed by atoms with Gasteiger partial charge in [-0.25, -0.2) is 0 Å². The van der Waals surface area contributed by atoms with Crippen molar-refractivity contribution >= 4 is 0 Å². The maximum atomic E-state index is 6.64. The van der Waals surface area contributed by atoms with E-state index in [9.17, 15) is 0 Å². The van der Waals surface area contributed by atoms with E-state index in [4.69, 9.17) is 23.7 Å². The average Bonchev–Trinajstić information content (AvgIpc) is 3.80. The first kappa shape index (κ1) is 27.4. The highest BCUT2D eigenvalue weighted by molar-refractivity contribution is 5.17. The molecule has 4 aromatic carbocycles. The van der Waals surface area contributed by atoms with Crippen molar-refractivity contribution < 1.29 is 23.7 Å². The third-order valence-electron chi connectivity index (χ3n) is 7.22. The molecule has 0 N–H and O–H groups in total. The Morgan fingerprint density at radius 2 is 0.927 bits per heavy atom. The zero-order valence-corrected chi connectivity index (χ0v) is 22.8. The first-order chi connectivity index (χ1) is 20.3. The minimum absolute atomic E-state index is 0.289. The van der Waals surface area contributed by atoms with Gasteiger partial charge in [0.25, 0.3) is 0 Å². The van der Waals surface area contributed by atoms with Crippen LogP contribution >= 0.6 is 0 Å². The molecule has 0 aliphatic carbocycles. The van der Waals surface area contributed by atoms with Crippen LogP contribution in [0, 0.1) is 0 Å². The zero-order chi connectivity index (χ0) is 27.7. The molecule has 7 heteroatoms. The average molecular weight is 551 g/mol. The number of ether oxygens (including phenoxy) is 5. The van der Waals surface area contributed by atoms with E-state index in [-0.39, 0.29) is 6.61 Å². The van der Waals surface area contributed by atoms with Crippen LogP contribution in [0.15, 0.2) is 132 Å². The number of hydrogen-bond donors (Lipinski definition) is 0. The smallest absolute Gasteiger partial charge is 0.322 e. The van der Waals surface area contributed by atoms with Crippen LogP contribution in [0.2, 0.25) is 0 Å². The number of benzene rings is 4. The van der Waals surface area contributed by atoms with Crippen molar-refractivity contribution in [3.05, 3.63) is 144 Å². The van der Waals surface area contributed by atoms with Crippen LogP contribution in [0.4, 0.5) is 0 Å². The van der Waals surface area contributed by atoms with Crippen molar-refractivity contribution in [1.29, 1.82) is 0 Å². The normalized spacial score (nSPS) is 22.5. The zero-order valence-electron chi connectivity index (χ0n) is 22.8. The fourth-order valence-corrected chi connectivity index (χ4v) is 5.04. The summed E-state index contributed by atoms with van der Waals surface area (Å²) in [6.45, 7) is 1.89. The topological polar surface area (TPSA) is 70.9 Å². The van der Waals surface area contributed by atoms with Gasteiger partial charge in [0.05, 0.1) is 33.0 Å². The maximum absolute atomic E-state index is 6.64. The fourth-order valence-electron chi connectivity index (χ4n) is 5.04. The van der Waals surface area contributed by atoms with Crippen LogP contribution in [0.25, 0.3) is 0 Å². The largest absolute Gasteiger partial charge is 0.374 e. The second-order valence-corrected chi connectivity index (χ2v) is 10.3. The lowest BCUT2D eigenvalue weighted by atomic mass is 9.95. The van der Waals surface area contributed by atoms with Crippen molar-refractivity contribution in [2.75, 3.05) is 6.61 Å². The Balaban J connectivity index is 1.25. The molecule has 0 saturated carbocycles. The van der Waals surface area contributed by atoms with Gasteiger partial charge in [-0.05, 0) is 22.3 Å². The highest BCUT2D eigenvalue weighted by Gasteiger charge is 2.63. The molecule has 0 amide bonds. The standard InChI is InChI=1S/C34H34N2O5/c1-5-13-26(14-6-1)21-37-25-30-31(38-22-27-15-7-2-8-16-27)32(39-23-28-17-9-3-10-18-28)33(34(41-30)35-36-34)40-24-29-19-11-4-12-20-29/h1-20,30-33H,21-25H2/t30-,31-,32+,33-/m1/s1. The Kier molecular flexibility index (Phi) is 8.90. The van der Waals surface area contributed by atoms with Crippen molar-refractivity contribution in [1.82, 2.24) is 0 Å². The highest BCUT2D eigenvalue weighted by Crippen LogP contribution is 2.45. The molecule has 2 aliphatic rings. The van der Waals surface area contributed by atoms with Crippen LogP contribution < -0.4 is 0 Å². The summed E-state index contributed by atoms with van der Waals surface area (Å²) < 4.78 is 32.4. The second-order valence-electron chi connectivity index (χ2n) is 10.3. The molecule has 1 fully saturated rings. The van der Waals surface area contributed by atoms with E-state index in [1.165, 1.54) is 0 Å². The first-order valence-electron chi connectivity index (χ1n) is 14.0. The summed E-state index contributed by atoms with van der Waals surface area (Å²) in [5, 5.41) is 8.70. The molecule has 6 rings (SSSR count). The summed E-state index contributed by atoms with van der Waals surface area (Å²) in [5.74, 6) is -1.15. The predicted molar refractivity (Wildman–Crippen MR) is 154 cm³/mol. The number of nitrogens with zero attached hydrogens (tertiary/aromatic N) is 2. The van der Waals surface area contributed by atoms with Crippen molar-refractivity contribution in [2.45, 2.75) is 56.7 Å². The maximum Gasteiger partial charge on any atom is 0.322 e. The highest BCUT2D eigenvalue weighted by atomic mass is 16.7. The summed E-state index contributed by atoms with van der Waals surface area (Å²) in [6.07, 6.45) is -2.09. The van der Waals surface area contributed by atoms with Gasteiger partial charge < -0.3 is 23.7 Å². The minimum atomic E-state index is -1.15. The molecule has 0 bridgehead atoms. The summed E-state index contributed by atoms with van der Waals surface area (Å²) in [7, 11) is 0. The van der Waals surface area contributed by atoms with E-state index in [0.717, 1.165) is 22.3 Å². The van der Waals surface area contributed by atoms with Crippen LogP contribution in [0.3, 0.4) is 0 Å². The Labute approximate surface area is 240 Å². The van der Waals surface area contributed by atoms with Gasteiger partial charge in [-0.2, -0.15) is 0 Å². The van der Waals surface area contributed by atoms with Gasteiger partial charge in [0.2, 0.25) is 0 Å². The molecule has 4 aromatic rings. The molecule has 2 aliphatic heterocycles. The molecule has 1 spiro atoms. The van der Waals surface area contributed by atoms with E-state index in [1.54, 1.807) is 0 Å². The molecule has 0 aromatic heterocycles. The Morgan fingerprint density at radius 3 is 1.39 bits per heavy atom. The molecule has 4 atom stereocenters. The Bertz CT molecular complexity index is 1370. The van der Waals surface area contributed by atoms with Crippen LogP contribution in [0.5, 0.6) is 0 Å². The quantitative estimate of drug-likeness (QED) is 0.191. The van der Waals surface area contributed by atoms with Gasteiger partial charge in [-0.15, -0.1) is 10.2 Å². The molecule has 0 radical (unpaired) electrons. The number of rotatable bonds is 13. The van der Waals surface area contributed by atoms with Gasteiger partial charge in [0.15, 0.2) is 6.10 Å². The van der Waals surface area contributed by atoms with Gasteiger partial charge in [-0.1, -0.05) is 121 Å². The summed E-state index contributed by atoms with van der Waals surface area (Å²) in [6, 6.07) is 40.3. The van der Waals surface area contributed by atoms with Gasteiger partial charge >= 0.3 is 5.85 Å². The van der Waals surface area contributed by atoms with Gasteiger partial charge in [-0.3, -0.25) is 0 Å². The number of hydrogen-bond acceptors (Lipinski definition) is 7. The molecule has 41 heavy (non-hydrogen) atoms. The predicted octanol–water partition coefficient (Wildman–Crippen LogP) is 6.48. The molecule has 0 unspecified atom stereocenters. The molecule has 1 saturated heterocycles. The Morgan fingerprint density at radius 1 is 0.512 bits per heavy atom. The SMILES string of the molecule is c1ccc(COC[C@H]2OC3(N=N3)[C@H](OCc3ccccc3)[C@@H](OCc3ccccc3)[C@@H]2OCc2ccccc2)cc1. The molecular formula is C34H34N2O5. The third-order valence-corrected chi connectivity index (χ3v) is 7.22. The molecule has 210 valence electrons. The minimum Gasteiger partial charge on any atom is -0.374 e.